The number of aryl methyl sites for hydroxylation is 2. The van der Waals surface area contributed by atoms with Crippen LogP contribution in [0, 0.1) is 13.8 Å². The number of anilines is 3. The lowest BCUT2D eigenvalue weighted by molar-refractivity contribution is -0.141. The van der Waals surface area contributed by atoms with Crippen molar-refractivity contribution in [1.29, 1.82) is 0 Å². The fourth-order valence-electron chi connectivity index (χ4n) is 4.10. The summed E-state index contributed by atoms with van der Waals surface area (Å²) < 4.78 is 11.3. The molecule has 0 amide bonds. The third-order valence-electron chi connectivity index (χ3n) is 6.34. The Morgan fingerprint density at radius 3 is 2.02 bits per heavy atom. The van der Waals surface area contributed by atoms with Crippen LogP contribution in [0.2, 0.25) is 0 Å². The van der Waals surface area contributed by atoms with Crippen molar-refractivity contribution < 1.29 is 19.4 Å². The van der Waals surface area contributed by atoms with Gasteiger partial charge in [-0.2, -0.15) is 0 Å². The molecule has 0 saturated carbocycles. The number of hydrogen-bond acceptors (Lipinski definition) is 5. The largest absolute Gasteiger partial charge is 0.484 e. The fourth-order valence-corrected chi connectivity index (χ4v) is 4.10. The Labute approximate surface area is 236 Å². The Bertz CT molecular complexity index is 1410. The van der Waals surface area contributed by atoms with E-state index in [-0.39, 0.29) is 13.2 Å². The van der Waals surface area contributed by atoms with Crippen molar-refractivity contribution >= 4 is 35.2 Å². The monoisotopic (exact) mass is 533 g/mol. The van der Waals surface area contributed by atoms with Crippen LogP contribution >= 0.6 is 0 Å². The van der Waals surface area contributed by atoms with Gasteiger partial charge in [0.2, 0.25) is 0 Å². The van der Waals surface area contributed by atoms with Crippen LogP contribution in [0.25, 0.3) is 12.2 Å². The summed E-state index contributed by atoms with van der Waals surface area (Å²) in [7, 11) is 0. The van der Waals surface area contributed by atoms with Gasteiger partial charge in [0.15, 0.2) is 6.10 Å². The van der Waals surface area contributed by atoms with E-state index in [4.69, 9.17) is 9.47 Å². The number of hydrogen-bond donors (Lipinski definition) is 1. The predicted octanol–water partition coefficient (Wildman–Crippen LogP) is 7.80. The highest BCUT2D eigenvalue weighted by Gasteiger charge is 2.19. The van der Waals surface area contributed by atoms with Crippen molar-refractivity contribution in [2.24, 2.45) is 0 Å². The number of carbonyl (C=O) groups excluding carboxylic acids is 1. The average Bonchev–Trinajstić information content (AvgIpc) is 2.97. The number of rotatable bonds is 11. The highest BCUT2D eigenvalue weighted by Crippen LogP contribution is 2.39. The Kier molecular flexibility index (Phi) is 9.55. The molecule has 0 heterocycles. The number of esters is 1. The SMILES string of the molecule is C=C(C)C(=O)OCC(CO)Oc1ccc(/C=C\c2ccccc2)c(N(c2ccc(C)cc2)c2ccc(C)cc2)c1. The molecule has 0 aromatic heterocycles. The topological polar surface area (TPSA) is 59.0 Å². The van der Waals surface area contributed by atoms with Crippen molar-refractivity contribution in [2.45, 2.75) is 26.9 Å². The highest BCUT2D eigenvalue weighted by molar-refractivity contribution is 5.87. The summed E-state index contributed by atoms with van der Waals surface area (Å²) in [6.07, 6.45) is 3.44. The van der Waals surface area contributed by atoms with E-state index in [1.165, 1.54) is 11.1 Å². The number of aliphatic hydroxyl groups excluding tert-OH is 1. The summed E-state index contributed by atoms with van der Waals surface area (Å²) in [5.74, 6) is 0.0237. The maximum Gasteiger partial charge on any atom is 0.333 e. The van der Waals surface area contributed by atoms with Gasteiger partial charge in [0.1, 0.15) is 12.4 Å². The number of aliphatic hydroxyl groups is 1. The van der Waals surface area contributed by atoms with E-state index >= 15 is 0 Å². The first-order chi connectivity index (χ1) is 19.3. The standard InChI is InChI=1S/C35H35NO4/c1-25(2)35(38)39-24-33(23-37)40-32-21-16-29(15-14-28-8-6-5-7-9-28)34(22-32)36(30-17-10-26(3)11-18-30)31-19-12-27(4)13-20-31/h5-22,33,37H,1,23-24H2,2-4H3/b15-14-. The molecule has 0 aliphatic rings. The molecule has 0 aliphatic heterocycles. The van der Waals surface area contributed by atoms with Gasteiger partial charge in [-0.05, 0) is 68.3 Å². The fraction of sp³-hybridized carbons (Fsp3) is 0.171. The van der Waals surface area contributed by atoms with Gasteiger partial charge in [-0.1, -0.05) is 84.5 Å². The number of benzene rings is 4. The third kappa shape index (κ3) is 7.49. The molecule has 1 atom stereocenters. The third-order valence-corrected chi connectivity index (χ3v) is 6.34. The van der Waals surface area contributed by atoms with Crippen LogP contribution in [0.4, 0.5) is 17.1 Å². The molecule has 5 nitrogen and oxygen atoms in total. The van der Waals surface area contributed by atoms with E-state index in [1.54, 1.807) is 6.92 Å². The Hall–Kier alpha value is -4.61. The molecule has 4 rings (SSSR count). The first kappa shape index (κ1) is 28.4. The molecule has 1 N–H and O–H groups in total. The van der Waals surface area contributed by atoms with Crippen LogP contribution in [-0.4, -0.2) is 30.4 Å². The maximum absolute atomic E-state index is 11.9. The van der Waals surface area contributed by atoms with Gasteiger partial charge < -0.3 is 19.5 Å². The van der Waals surface area contributed by atoms with E-state index in [9.17, 15) is 9.90 Å². The Morgan fingerprint density at radius 1 is 0.875 bits per heavy atom. The van der Waals surface area contributed by atoms with Gasteiger partial charge in [0.25, 0.3) is 0 Å². The minimum absolute atomic E-state index is 0.0904. The summed E-state index contributed by atoms with van der Waals surface area (Å²) in [5.41, 5.74) is 7.59. The summed E-state index contributed by atoms with van der Waals surface area (Å²) in [5, 5.41) is 9.93. The lowest BCUT2D eigenvalue weighted by atomic mass is 10.1. The molecule has 0 spiro atoms. The normalized spacial score (nSPS) is 11.7. The minimum atomic E-state index is -0.728. The summed E-state index contributed by atoms with van der Waals surface area (Å²) in [6, 6.07) is 32.7. The highest BCUT2D eigenvalue weighted by atomic mass is 16.6. The van der Waals surface area contributed by atoms with Crippen molar-refractivity contribution in [3.05, 3.63) is 131 Å². The second kappa shape index (κ2) is 13.5. The number of nitrogens with zero attached hydrogens (tertiary/aromatic N) is 1. The van der Waals surface area contributed by atoms with Gasteiger partial charge in [0, 0.05) is 23.0 Å². The summed E-state index contributed by atoms with van der Waals surface area (Å²) in [4.78, 5) is 14.1. The van der Waals surface area contributed by atoms with Crippen LogP contribution < -0.4 is 9.64 Å². The zero-order chi connectivity index (χ0) is 28.5. The van der Waals surface area contributed by atoms with Gasteiger partial charge in [0.05, 0.1) is 12.3 Å². The first-order valence-electron chi connectivity index (χ1n) is 13.2. The van der Waals surface area contributed by atoms with Gasteiger partial charge in [-0.15, -0.1) is 0 Å². The van der Waals surface area contributed by atoms with Gasteiger partial charge >= 0.3 is 5.97 Å². The van der Waals surface area contributed by atoms with Gasteiger partial charge in [-0.25, -0.2) is 4.79 Å². The number of carbonyl (C=O) groups is 1. The van der Waals surface area contributed by atoms with Crippen molar-refractivity contribution in [2.75, 3.05) is 18.1 Å². The smallest absolute Gasteiger partial charge is 0.333 e. The second-order valence-electron chi connectivity index (χ2n) is 9.77. The molecule has 0 fully saturated rings. The van der Waals surface area contributed by atoms with Crippen LogP contribution in [0.1, 0.15) is 29.2 Å². The van der Waals surface area contributed by atoms with E-state index in [0.717, 1.165) is 28.2 Å². The molecule has 40 heavy (non-hydrogen) atoms. The quantitative estimate of drug-likeness (QED) is 0.121. The molecule has 0 aliphatic carbocycles. The van der Waals surface area contributed by atoms with E-state index in [1.807, 2.05) is 36.4 Å². The lowest BCUT2D eigenvalue weighted by Crippen LogP contribution is -2.28. The molecule has 0 bridgehead atoms. The maximum atomic E-state index is 11.9. The molecular formula is C35H35NO4. The molecule has 5 heteroatoms. The summed E-state index contributed by atoms with van der Waals surface area (Å²) >= 11 is 0. The molecule has 4 aromatic carbocycles. The number of ether oxygens (including phenoxy) is 2. The summed E-state index contributed by atoms with van der Waals surface area (Å²) in [6.45, 7) is 8.91. The molecule has 1 unspecified atom stereocenters. The van der Waals surface area contributed by atoms with Crippen LogP contribution in [0.15, 0.2) is 109 Å². The van der Waals surface area contributed by atoms with E-state index in [0.29, 0.717) is 11.3 Å². The minimum Gasteiger partial charge on any atom is -0.484 e. The molecule has 204 valence electrons. The zero-order valence-corrected chi connectivity index (χ0v) is 23.2. The van der Waals surface area contributed by atoms with E-state index < -0.39 is 12.1 Å². The van der Waals surface area contributed by atoms with Crippen LogP contribution in [0.3, 0.4) is 0 Å². The molecule has 4 aromatic rings. The van der Waals surface area contributed by atoms with Crippen LogP contribution in [-0.2, 0) is 9.53 Å². The molecule has 0 saturated heterocycles. The van der Waals surface area contributed by atoms with Crippen molar-refractivity contribution in [3.63, 3.8) is 0 Å². The lowest BCUT2D eigenvalue weighted by Gasteiger charge is -2.28. The second-order valence-corrected chi connectivity index (χ2v) is 9.77. The zero-order valence-electron chi connectivity index (χ0n) is 23.2. The molecule has 0 radical (unpaired) electrons. The Morgan fingerprint density at radius 2 is 1.48 bits per heavy atom. The van der Waals surface area contributed by atoms with Crippen LogP contribution in [0.5, 0.6) is 5.75 Å². The van der Waals surface area contributed by atoms with Gasteiger partial charge in [-0.3, -0.25) is 0 Å². The van der Waals surface area contributed by atoms with Crippen molar-refractivity contribution in [1.82, 2.24) is 0 Å². The first-order valence-corrected chi connectivity index (χ1v) is 13.2. The van der Waals surface area contributed by atoms with E-state index in [2.05, 4.69) is 98.1 Å². The molecular weight excluding hydrogens is 498 g/mol. The Balaban J connectivity index is 1.78. The average molecular weight is 534 g/mol. The predicted molar refractivity (Wildman–Crippen MR) is 163 cm³/mol. The van der Waals surface area contributed by atoms with Crippen molar-refractivity contribution in [3.8, 4) is 5.75 Å².